The summed E-state index contributed by atoms with van der Waals surface area (Å²) >= 11 is 0. The lowest BCUT2D eigenvalue weighted by molar-refractivity contribution is -0.123. The fourth-order valence-electron chi connectivity index (χ4n) is 5.56. The molecular formula is C26H25NO. The monoisotopic (exact) mass is 367 g/mol. The van der Waals surface area contributed by atoms with Crippen molar-refractivity contribution >= 4 is 11.6 Å². The predicted molar refractivity (Wildman–Crippen MR) is 114 cm³/mol. The minimum absolute atomic E-state index is 0.0324. The standard InChI is InChI=1S/C26H25NO/c1-2-10-22-23-18-13-6-8-15-20(18)24(21-16-9-7-14-19(21)23)25(22)26(28)27-17-11-4-3-5-12-17/h3-9,11-16,22-25H,2,10H2,1H3,(H,27,28)/t22-,23?,24?,25+/m0/s1. The Bertz CT molecular complexity index is 962. The zero-order valence-electron chi connectivity index (χ0n) is 16.1. The number of hydrogen-bond acceptors (Lipinski definition) is 1. The number of anilines is 1. The highest BCUT2D eigenvalue weighted by Gasteiger charge is 2.51. The smallest absolute Gasteiger partial charge is 0.228 e. The summed E-state index contributed by atoms with van der Waals surface area (Å²) in [6, 6.07) is 27.4. The summed E-state index contributed by atoms with van der Waals surface area (Å²) in [6.45, 7) is 2.23. The van der Waals surface area contributed by atoms with Crippen LogP contribution in [0.1, 0.15) is 53.9 Å². The summed E-state index contributed by atoms with van der Waals surface area (Å²) in [6.07, 6.45) is 2.16. The maximum atomic E-state index is 13.6. The first-order valence-corrected chi connectivity index (χ1v) is 10.3. The van der Waals surface area contributed by atoms with E-state index in [2.05, 4.69) is 60.8 Å². The van der Waals surface area contributed by atoms with E-state index in [-0.39, 0.29) is 17.7 Å². The van der Waals surface area contributed by atoms with Crippen molar-refractivity contribution in [1.82, 2.24) is 0 Å². The molecule has 1 N–H and O–H groups in total. The molecule has 2 atom stereocenters. The average molecular weight is 367 g/mol. The summed E-state index contributed by atoms with van der Waals surface area (Å²) in [4.78, 5) is 13.6. The Balaban J connectivity index is 1.64. The third-order valence-electron chi connectivity index (χ3n) is 6.55. The van der Waals surface area contributed by atoms with E-state index in [1.165, 1.54) is 22.3 Å². The zero-order valence-corrected chi connectivity index (χ0v) is 16.1. The van der Waals surface area contributed by atoms with Gasteiger partial charge in [0.15, 0.2) is 0 Å². The molecule has 0 aliphatic heterocycles. The molecule has 28 heavy (non-hydrogen) atoms. The van der Waals surface area contributed by atoms with Gasteiger partial charge in [-0.25, -0.2) is 0 Å². The minimum Gasteiger partial charge on any atom is -0.326 e. The fourth-order valence-corrected chi connectivity index (χ4v) is 5.56. The van der Waals surface area contributed by atoms with Gasteiger partial charge in [0.05, 0.1) is 5.92 Å². The number of fused-ring (bicyclic) bond motifs is 1. The summed E-state index contributed by atoms with van der Waals surface area (Å²) in [5, 5.41) is 3.21. The highest BCUT2D eigenvalue weighted by molar-refractivity contribution is 5.94. The molecule has 0 aromatic heterocycles. The molecule has 2 bridgehead atoms. The molecule has 140 valence electrons. The second-order valence-corrected chi connectivity index (χ2v) is 8.05. The van der Waals surface area contributed by atoms with Crippen LogP contribution in [0.3, 0.4) is 0 Å². The number of hydrogen-bond donors (Lipinski definition) is 1. The first kappa shape index (κ1) is 17.2. The Hall–Kier alpha value is -2.87. The van der Waals surface area contributed by atoms with Crippen LogP contribution in [0.4, 0.5) is 5.69 Å². The van der Waals surface area contributed by atoms with Gasteiger partial charge in [0.1, 0.15) is 0 Å². The third kappa shape index (κ3) is 2.59. The lowest BCUT2D eigenvalue weighted by Gasteiger charge is -2.50. The first-order valence-electron chi connectivity index (χ1n) is 10.3. The Morgan fingerprint density at radius 2 is 1.25 bits per heavy atom. The molecule has 3 aliphatic carbocycles. The van der Waals surface area contributed by atoms with E-state index in [1.54, 1.807) is 0 Å². The number of amides is 1. The van der Waals surface area contributed by atoms with Crippen LogP contribution in [-0.2, 0) is 4.79 Å². The van der Waals surface area contributed by atoms with Crippen molar-refractivity contribution < 1.29 is 4.79 Å². The molecule has 0 unspecified atom stereocenters. The molecule has 6 rings (SSSR count). The molecule has 0 heterocycles. The molecular weight excluding hydrogens is 342 g/mol. The van der Waals surface area contributed by atoms with Crippen LogP contribution in [0.25, 0.3) is 0 Å². The Morgan fingerprint density at radius 3 is 1.79 bits per heavy atom. The quantitative estimate of drug-likeness (QED) is 0.607. The first-order chi connectivity index (χ1) is 13.8. The molecule has 3 aromatic carbocycles. The van der Waals surface area contributed by atoms with Crippen molar-refractivity contribution in [2.45, 2.75) is 31.6 Å². The van der Waals surface area contributed by atoms with Gasteiger partial charge >= 0.3 is 0 Å². The van der Waals surface area contributed by atoms with Crippen LogP contribution in [0, 0.1) is 11.8 Å². The van der Waals surface area contributed by atoms with Gasteiger partial charge < -0.3 is 5.32 Å². The van der Waals surface area contributed by atoms with Crippen molar-refractivity contribution in [1.29, 1.82) is 0 Å². The van der Waals surface area contributed by atoms with E-state index < -0.39 is 0 Å². The molecule has 0 saturated heterocycles. The van der Waals surface area contributed by atoms with E-state index in [9.17, 15) is 4.79 Å². The number of para-hydroxylation sites is 1. The van der Waals surface area contributed by atoms with Gasteiger partial charge in [-0.2, -0.15) is 0 Å². The normalized spacial score (nSPS) is 24.3. The lowest BCUT2D eigenvalue weighted by atomic mass is 9.53. The van der Waals surface area contributed by atoms with Gasteiger partial charge in [-0.1, -0.05) is 80.1 Å². The van der Waals surface area contributed by atoms with Crippen molar-refractivity contribution in [3.63, 3.8) is 0 Å². The maximum Gasteiger partial charge on any atom is 0.228 e. The molecule has 2 nitrogen and oxygen atoms in total. The fraction of sp³-hybridized carbons (Fsp3) is 0.269. The number of carbonyl (C=O) groups excluding carboxylic acids is 1. The molecule has 3 aliphatic rings. The van der Waals surface area contributed by atoms with Crippen LogP contribution in [-0.4, -0.2) is 5.91 Å². The number of nitrogens with one attached hydrogen (secondary N) is 1. The second-order valence-electron chi connectivity index (χ2n) is 8.05. The van der Waals surface area contributed by atoms with Gasteiger partial charge in [0, 0.05) is 17.5 Å². The lowest BCUT2D eigenvalue weighted by Crippen LogP contribution is -2.45. The van der Waals surface area contributed by atoms with Crippen LogP contribution in [0.15, 0.2) is 78.9 Å². The summed E-state index contributed by atoms with van der Waals surface area (Å²) < 4.78 is 0. The summed E-state index contributed by atoms with van der Waals surface area (Å²) in [5.41, 5.74) is 6.41. The van der Waals surface area contributed by atoms with Crippen molar-refractivity contribution in [3.05, 3.63) is 101 Å². The van der Waals surface area contributed by atoms with Gasteiger partial charge in [-0.3, -0.25) is 4.79 Å². The van der Waals surface area contributed by atoms with Gasteiger partial charge in [0.25, 0.3) is 0 Å². The van der Waals surface area contributed by atoms with Crippen LogP contribution >= 0.6 is 0 Å². The Kier molecular flexibility index (Phi) is 4.27. The van der Waals surface area contributed by atoms with Crippen molar-refractivity contribution in [2.75, 3.05) is 5.32 Å². The van der Waals surface area contributed by atoms with Gasteiger partial charge in [-0.15, -0.1) is 0 Å². The van der Waals surface area contributed by atoms with Gasteiger partial charge in [-0.05, 0) is 46.7 Å². The van der Waals surface area contributed by atoms with Crippen LogP contribution < -0.4 is 5.32 Å². The topological polar surface area (TPSA) is 29.1 Å². The van der Waals surface area contributed by atoms with Gasteiger partial charge in [0.2, 0.25) is 5.91 Å². The third-order valence-corrected chi connectivity index (χ3v) is 6.55. The van der Waals surface area contributed by atoms with Crippen LogP contribution in [0.5, 0.6) is 0 Å². The average Bonchev–Trinajstić information content (AvgIpc) is 2.74. The molecule has 3 aromatic rings. The van der Waals surface area contributed by atoms with E-state index in [1.807, 2.05) is 30.3 Å². The maximum absolute atomic E-state index is 13.6. The molecule has 0 fully saturated rings. The van der Waals surface area contributed by atoms with E-state index in [0.29, 0.717) is 11.8 Å². The van der Waals surface area contributed by atoms with E-state index >= 15 is 0 Å². The predicted octanol–water partition coefficient (Wildman–Crippen LogP) is 5.95. The highest BCUT2D eigenvalue weighted by Crippen LogP contribution is 2.59. The largest absolute Gasteiger partial charge is 0.326 e. The highest BCUT2D eigenvalue weighted by atomic mass is 16.1. The summed E-state index contributed by atoms with van der Waals surface area (Å²) in [7, 11) is 0. The molecule has 0 spiro atoms. The molecule has 0 saturated carbocycles. The second kappa shape index (κ2) is 6.94. The van der Waals surface area contributed by atoms with E-state index in [0.717, 1.165) is 18.5 Å². The molecule has 1 amide bonds. The minimum atomic E-state index is -0.0324. The number of benzene rings is 3. The number of carbonyl (C=O) groups is 1. The molecule has 2 heteroatoms. The van der Waals surface area contributed by atoms with Crippen molar-refractivity contribution in [3.8, 4) is 0 Å². The Morgan fingerprint density at radius 1 is 0.750 bits per heavy atom. The van der Waals surface area contributed by atoms with Crippen molar-refractivity contribution in [2.24, 2.45) is 11.8 Å². The molecule has 0 radical (unpaired) electrons. The Labute approximate surface area is 166 Å². The van der Waals surface area contributed by atoms with E-state index in [4.69, 9.17) is 0 Å². The van der Waals surface area contributed by atoms with Crippen LogP contribution in [0.2, 0.25) is 0 Å². The zero-order chi connectivity index (χ0) is 19.1. The summed E-state index contributed by atoms with van der Waals surface area (Å²) in [5.74, 6) is 0.906. The number of rotatable bonds is 4. The SMILES string of the molecule is CCC[C@H]1C2c3ccccc3C(c3ccccc32)[C@@H]1C(=O)Nc1ccccc1.